The molecular formula is C27H29N3O3. The number of hydrogen-bond acceptors (Lipinski definition) is 4. The van der Waals surface area contributed by atoms with Crippen LogP contribution >= 0.6 is 0 Å². The Hall–Kier alpha value is -3.85. The zero-order valence-electron chi connectivity index (χ0n) is 19.5. The fourth-order valence-corrected chi connectivity index (χ4v) is 3.83. The molecule has 0 unspecified atom stereocenters. The van der Waals surface area contributed by atoms with Crippen LogP contribution in [0.2, 0.25) is 0 Å². The zero-order chi connectivity index (χ0) is 24.0. The van der Waals surface area contributed by atoms with Gasteiger partial charge in [0.2, 0.25) is 0 Å². The van der Waals surface area contributed by atoms with Crippen molar-refractivity contribution < 1.29 is 14.6 Å². The number of nitrogens with zero attached hydrogens (tertiary/aromatic N) is 2. The first-order valence-electron chi connectivity index (χ1n) is 11.0. The molecule has 2 aromatic carbocycles. The summed E-state index contributed by atoms with van der Waals surface area (Å²) in [7, 11) is 0. The number of benzene rings is 2. The Bertz CT molecular complexity index is 1180. The number of amides is 1. The first-order chi connectivity index (χ1) is 15.8. The van der Waals surface area contributed by atoms with Gasteiger partial charge in [-0.25, -0.2) is 4.79 Å². The van der Waals surface area contributed by atoms with E-state index in [-0.39, 0.29) is 13.2 Å². The van der Waals surface area contributed by atoms with E-state index in [2.05, 4.69) is 25.2 Å². The molecule has 6 heteroatoms. The van der Waals surface area contributed by atoms with Gasteiger partial charge < -0.3 is 15.2 Å². The summed E-state index contributed by atoms with van der Waals surface area (Å²) < 4.78 is 6.08. The van der Waals surface area contributed by atoms with E-state index in [1.807, 2.05) is 44.2 Å². The second kappa shape index (κ2) is 10.6. The largest absolute Gasteiger partial charge is 0.487 e. The number of para-hydroxylation sites is 1. The monoisotopic (exact) mass is 443 g/mol. The van der Waals surface area contributed by atoms with Crippen LogP contribution in [0.5, 0.6) is 5.75 Å². The first-order valence-corrected chi connectivity index (χ1v) is 11.0. The molecular weight excluding hydrogens is 414 g/mol. The van der Waals surface area contributed by atoms with Crippen molar-refractivity contribution in [3.8, 4) is 22.9 Å². The molecule has 2 N–H and O–H groups in total. The third-order valence-electron chi connectivity index (χ3n) is 5.43. The summed E-state index contributed by atoms with van der Waals surface area (Å²) >= 11 is 0. The second-order valence-electron chi connectivity index (χ2n) is 8.50. The topological polar surface area (TPSA) is 95.2 Å². The summed E-state index contributed by atoms with van der Waals surface area (Å²) in [5.41, 5.74) is 6.95. The van der Waals surface area contributed by atoms with Gasteiger partial charge in [0.25, 0.3) is 0 Å². The lowest BCUT2D eigenvalue weighted by Crippen LogP contribution is -2.23. The highest BCUT2D eigenvalue weighted by atomic mass is 16.5. The third-order valence-corrected chi connectivity index (χ3v) is 5.43. The number of carboxylic acid groups (broad SMARTS) is 1. The quantitative estimate of drug-likeness (QED) is 0.460. The van der Waals surface area contributed by atoms with Crippen molar-refractivity contribution in [2.24, 2.45) is 5.92 Å². The maximum Gasteiger partial charge on any atom is 0.404 e. The minimum atomic E-state index is -1.08. The van der Waals surface area contributed by atoms with Crippen LogP contribution in [0.1, 0.15) is 47.5 Å². The van der Waals surface area contributed by atoms with Crippen LogP contribution in [-0.2, 0) is 19.6 Å². The van der Waals surface area contributed by atoms with Crippen LogP contribution in [0.15, 0.2) is 48.5 Å². The summed E-state index contributed by atoms with van der Waals surface area (Å²) in [5.74, 6) is 0.863. The maximum atomic E-state index is 11.3. The van der Waals surface area contributed by atoms with E-state index in [0.29, 0.717) is 17.2 Å². The molecule has 1 amide bonds. The molecule has 0 aliphatic rings. The van der Waals surface area contributed by atoms with Crippen LogP contribution in [-0.4, -0.2) is 16.2 Å². The van der Waals surface area contributed by atoms with Crippen LogP contribution < -0.4 is 10.1 Å². The Kier molecular flexibility index (Phi) is 7.68. The van der Waals surface area contributed by atoms with Crippen molar-refractivity contribution in [1.82, 2.24) is 10.3 Å². The van der Waals surface area contributed by atoms with Gasteiger partial charge in [0.15, 0.2) is 0 Å². The van der Waals surface area contributed by atoms with E-state index in [9.17, 15) is 15.2 Å². The first kappa shape index (κ1) is 23.8. The van der Waals surface area contributed by atoms with Crippen LogP contribution in [0.25, 0.3) is 11.1 Å². The summed E-state index contributed by atoms with van der Waals surface area (Å²) in [6.07, 6.45) is -0.351. The minimum absolute atomic E-state index is 0.148. The molecule has 0 aliphatic heterocycles. The van der Waals surface area contributed by atoms with Crippen molar-refractivity contribution in [1.29, 1.82) is 5.26 Å². The Balaban J connectivity index is 2.17. The lowest BCUT2D eigenvalue weighted by Gasteiger charge is -2.22. The standard InChI is InChI=1S/C27H29N3O3/c1-17(2)13-24-22(15-29-27(31)32)26(20-11-9-18(3)10-12-20)23(19(4)30-24)16-33-25-8-6-5-7-21(25)14-28/h5-12,17,29H,13,15-16H2,1-4H3,(H,31,32). The van der Waals surface area contributed by atoms with E-state index in [1.54, 1.807) is 18.2 Å². The number of rotatable bonds is 8. The van der Waals surface area contributed by atoms with Gasteiger partial charge in [-0.3, -0.25) is 4.98 Å². The molecule has 0 saturated heterocycles. The van der Waals surface area contributed by atoms with Gasteiger partial charge in [-0.15, -0.1) is 0 Å². The molecule has 6 nitrogen and oxygen atoms in total. The summed E-state index contributed by atoms with van der Waals surface area (Å²) in [6.45, 7) is 8.57. The van der Waals surface area contributed by atoms with E-state index in [1.165, 1.54) is 0 Å². The predicted molar refractivity (Wildman–Crippen MR) is 128 cm³/mol. The Morgan fingerprint density at radius 1 is 1.12 bits per heavy atom. The third kappa shape index (κ3) is 5.89. The van der Waals surface area contributed by atoms with Gasteiger partial charge in [-0.2, -0.15) is 5.26 Å². The maximum absolute atomic E-state index is 11.3. The molecule has 0 saturated carbocycles. The smallest absolute Gasteiger partial charge is 0.404 e. The Labute approximate surface area is 194 Å². The minimum Gasteiger partial charge on any atom is -0.487 e. The number of nitriles is 1. The van der Waals surface area contributed by atoms with Crippen molar-refractivity contribution >= 4 is 6.09 Å². The van der Waals surface area contributed by atoms with Gasteiger partial charge in [0.05, 0.1) is 5.56 Å². The molecule has 170 valence electrons. The Morgan fingerprint density at radius 2 is 1.82 bits per heavy atom. The molecule has 1 aromatic heterocycles. The number of aromatic nitrogens is 1. The van der Waals surface area contributed by atoms with Crippen LogP contribution in [0, 0.1) is 31.1 Å². The summed E-state index contributed by atoms with van der Waals surface area (Å²) in [6, 6.07) is 17.4. The van der Waals surface area contributed by atoms with Crippen LogP contribution in [0.3, 0.4) is 0 Å². The highest BCUT2D eigenvalue weighted by Gasteiger charge is 2.21. The molecule has 33 heavy (non-hydrogen) atoms. The van der Waals surface area contributed by atoms with Gasteiger partial charge in [0.1, 0.15) is 18.4 Å². The molecule has 0 atom stereocenters. The second-order valence-corrected chi connectivity index (χ2v) is 8.50. The highest BCUT2D eigenvalue weighted by molar-refractivity contribution is 5.74. The average molecular weight is 444 g/mol. The van der Waals surface area contributed by atoms with E-state index in [4.69, 9.17) is 9.72 Å². The fourth-order valence-electron chi connectivity index (χ4n) is 3.83. The molecule has 3 rings (SSSR count). The van der Waals surface area contributed by atoms with E-state index >= 15 is 0 Å². The number of hydrogen-bond donors (Lipinski definition) is 2. The highest BCUT2D eigenvalue weighted by Crippen LogP contribution is 2.34. The number of aryl methyl sites for hydroxylation is 2. The lowest BCUT2D eigenvalue weighted by atomic mass is 9.90. The molecule has 0 spiro atoms. The average Bonchev–Trinajstić information content (AvgIpc) is 2.77. The lowest BCUT2D eigenvalue weighted by molar-refractivity contribution is 0.194. The fraction of sp³-hybridized carbons (Fsp3) is 0.296. The molecule has 3 aromatic rings. The van der Waals surface area contributed by atoms with Crippen LogP contribution in [0.4, 0.5) is 4.79 Å². The number of ether oxygens (including phenoxy) is 1. The molecule has 1 heterocycles. The van der Waals surface area contributed by atoms with E-state index < -0.39 is 6.09 Å². The predicted octanol–water partition coefficient (Wildman–Crippen LogP) is 5.78. The Morgan fingerprint density at radius 3 is 2.45 bits per heavy atom. The van der Waals surface area contributed by atoms with Gasteiger partial charge in [-0.1, -0.05) is 55.8 Å². The molecule has 0 bridgehead atoms. The molecule has 0 aliphatic carbocycles. The number of carbonyl (C=O) groups is 1. The van der Waals surface area contributed by atoms with Crippen molar-refractivity contribution in [3.63, 3.8) is 0 Å². The normalized spacial score (nSPS) is 10.7. The van der Waals surface area contributed by atoms with Crippen molar-refractivity contribution in [2.75, 3.05) is 0 Å². The van der Waals surface area contributed by atoms with Gasteiger partial charge >= 0.3 is 6.09 Å². The summed E-state index contributed by atoms with van der Waals surface area (Å²) in [4.78, 5) is 16.2. The van der Waals surface area contributed by atoms with Crippen molar-refractivity contribution in [3.05, 3.63) is 82.2 Å². The van der Waals surface area contributed by atoms with Gasteiger partial charge in [0, 0.05) is 29.1 Å². The van der Waals surface area contributed by atoms with E-state index in [0.717, 1.165) is 45.6 Å². The SMILES string of the molecule is Cc1ccc(-c2c(COc3ccccc3C#N)c(C)nc(CC(C)C)c2CNC(=O)O)cc1. The molecule has 0 radical (unpaired) electrons. The van der Waals surface area contributed by atoms with Gasteiger partial charge in [-0.05, 0) is 49.4 Å². The zero-order valence-corrected chi connectivity index (χ0v) is 19.5. The number of pyridine rings is 1. The van der Waals surface area contributed by atoms with Crippen molar-refractivity contribution in [2.45, 2.75) is 47.3 Å². The summed E-state index contributed by atoms with van der Waals surface area (Å²) in [5, 5.41) is 21.2. The number of nitrogens with one attached hydrogen (secondary N) is 1. The molecule has 0 fully saturated rings.